The lowest BCUT2D eigenvalue weighted by molar-refractivity contribution is 0.0703. The molecular formula is C20H21N5O. The first kappa shape index (κ1) is 16.4. The average molecular weight is 347 g/mol. The van der Waals surface area contributed by atoms with Crippen molar-refractivity contribution in [1.82, 2.24) is 24.4 Å². The number of imidazole rings is 1. The molecule has 0 aliphatic carbocycles. The Bertz CT molecular complexity index is 862. The predicted molar refractivity (Wildman–Crippen MR) is 97.7 cm³/mol. The molecule has 0 spiro atoms. The van der Waals surface area contributed by atoms with Crippen LogP contribution in [0, 0.1) is 0 Å². The van der Waals surface area contributed by atoms with Crippen LogP contribution in [0.1, 0.15) is 40.5 Å². The minimum Gasteiger partial charge on any atom is -0.338 e. The lowest BCUT2D eigenvalue weighted by Crippen LogP contribution is -2.39. The van der Waals surface area contributed by atoms with Crippen LogP contribution < -0.4 is 0 Å². The molecule has 0 N–H and O–H groups in total. The topological polar surface area (TPSA) is 63.9 Å². The third-order valence-corrected chi connectivity index (χ3v) is 4.82. The fourth-order valence-electron chi connectivity index (χ4n) is 3.55. The second-order valence-corrected chi connectivity index (χ2v) is 6.60. The summed E-state index contributed by atoms with van der Waals surface area (Å²) in [5, 5.41) is 0. The summed E-state index contributed by atoms with van der Waals surface area (Å²) in [5.41, 5.74) is 1.84. The zero-order valence-corrected chi connectivity index (χ0v) is 14.5. The Morgan fingerprint density at radius 1 is 1.12 bits per heavy atom. The summed E-state index contributed by atoms with van der Waals surface area (Å²) >= 11 is 0. The Labute approximate surface area is 152 Å². The Morgan fingerprint density at radius 3 is 2.81 bits per heavy atom. The molecule has 1 amide bonds. The van der Waals surface area contributed by atoms with Gasteiger partial charge in [0.1, 0.15) is 5.82 Å². The van der Waals surface area contributed by atoms with Gasteiger partial charge in [0.05, 0.1) is 6.54 Å². The van der Waals surface area contributed by atoms with E-state index in [1.54, 1.807) is 30.7 Å². The van der Waals surface area contributed by atoms with Crippen molar-refractivity contribution in [2.24, 2.45) is 0 Å². The Balaban J connectivity index is 1.50. The molecule has 0 saturated carbocycles. The molecule has 1 atom stereocenters. The summed E-state index contributed by atoms with van der Waals surface area (Å²) in [4.78, 5) is 27.5. The SMILES string of the molecule is O=C(c1ccncc1)N1CCC[C@H](c2nccn2Cc2cccnc2)C1. The molecule has 1 aliphatic rings. The highest BCUT2D eigenvalue weighted by molar-refractivity contribution is 5.94. The molecule has 1 fully saturated rings. The predicted octanol–water partition coefficient (Wildman–Crippen LogP) is 2.74. The molecular weight excluding hydrogens is 326 g/mol. The number of rotatable bonds is 4. The number of carbonyl (C=O) groups is 1. The smallest absolute Gasteiger partial charge is 0.253 e. The number of pyridine rings is 2. The van der Waals surface area contributed by atoms with Gasteiger partial charge >= 0.3 is 0 Å². The second kappa shape index (κ2) is 7.47. The third kappa shape index (κ3) is 3.49. The van der Waals surface area contributed by atoms with E-state index in [9.17, 15) is 4.79 Å². The number of nitrogens with zero attached hydrogens (tertiary/aromatic N) is 5. The van der Waals surface area contributed by atoms with Crippen molar-refractivity contribution in [3.63, 3.8) is 0 Å². The molecule has 0 radical (unpaired) electrons. The van der Waals surface area contributed by atoms with Crippen LogP contribution in [-0.2, 0) is 6.54 Å². The zero-order chi connectivity index (χ0) is 17.8. The minimum atomic E-state index is 0.0717. The molecule has 3 aromatic rings. The maximum Gasteiger partial charge on any atom is 0.253 e. The van der Waals surface area contributed by atoms with Crippen molar-refractivity contribution < 1.29 is 4.79 Å². The molecule has 0 aromatic carbocycles. The summed E-state index contributed by atoms with van der Waals surface area (Å²) in [6, 6.07) is 7.56. The van der Waals surface area contributed by atoms with Gasteiger partial charge in [-0.25, -0.2) is 4.98 Å². The van der Waals surface area contributed by atoms with Crippen molar-refractivity contribution in [2.45, 2.75) is 25.3 Å². The number of amides is 1. The molecule has 6 heteroatoms. The maximum atomic E-state index is 12.8. The summed E-state index contributed by atoms with van der Waals surface area (Å²) < 4.78 is 2.17. The zero-order valence-electron chi connectivity index (χ0n) is 14.5. The highest BCUT2D eigenvalue weighted by Crippen LogP contribution is 2.27. The van der Waals surface area contributed by atoms with Gasteiger partial charge in [0.25, 0.3) is 5.91 Å². The van der Waals surface area contributed by atoms with Crippen LogP contribution in [0.15, 0.2) is 61.4 Å². The average Bonchev–Trinajstić information content (AvgIpc) is 3.17. The molecule has 26 heavy (non-hydrogen) atoms. The van der Waals surface area contributed by atoms with Gasteiger partial charge in [0.15, 0.2) is 0 Å². The second-order valence-electron chi connectivity index (χ2n) is 6.60. The maximum absolute atomic E-state index is 12.8. The van der Waals surface area contributed by atoms with Gasteiger partial charge in [0.2, 0.25) is 0 Å². The Hall–Kier alpha value is -3.02. The van der Waals surface area contributed by atoms with Gasteiger partial charge in [0, 0.05) is 61.8 Å². The van der Waals surface area contributed by atoms with E-state index in [1.165, 1.54) is 0 Å². The quantitative estimate of drug-likeness (QED) is 0.728. The van der Waals surface area contributed by atoms with Crippen LogP contribution in [0.5, 0.6) is 0 Å². The van der Waals surface area contributed by atoms with E-state index in [-0.39, 0.29) is 11.8 Å². The van der Waals surface area contributed by atoms with Crippen molar-refractivity contribution in [3.8, 4) is 0 Å². The van der Waals surface area contributed by atoms with Crippen LogP contribution in [0.25, 0.3) is 0 Å². The van der Waals surface area contributed by atoms with Crippen molar-refractivity contribution in [1.29, 1.82) is 0 Å². The Kier molecular flexibility index (Phi) is 4.73. The summed E-state index contributed by atoms with van der Waals surface area (Å²) in [6.07, 6.45) is 12.9. The van der Waals surface area contributed by atoms with E-state index in [0.717, 1.165) is 37.3 Å². The van der Waals surface area contributed by atoms with Crippen LogP contribution in [-0.4, -0.2) is 43.4 Å². The lowest BCUT2D eigenvalue weighted by atomic mass is 9.96. The van der Waals surface area contributed by atoms with Gasteiger partial charge in [-0.1, -0.05) is 6.07 Å². The highest BCUT2D eigenvalue weighted by atomic mass is 16.2. The molecule has 3 aromatic heterocycles. The van der Waals surface area contributed by atoms with Gasteiger partial charge < -0.3 is 9.47 Å². The standard InChI is InChI=1S/C20H21N5O/c26-20(17-5-8-21-9-6-17)25-11-2-4-18(15-25)19-23-10-12-24(19)14-16-3-1-7-22-13-16/h1,3,5-10,12-13,18H,2,4,11,14-15H2/t18-/m0/s1. The van der Waals surface area contributed by atoms with Crippen molar-refractivity contribution in [3.05, 3.63) is 78.4 Å². The van der Waals surface area contributed by atoms with E-state index in [2.05, 4.69) is 25.6 Å². The number of piperidine rings is 1. The van der Waals surface area contributed by atoms with E-state index in [1.807, 2.05) is 29.6 Å². The van der Waals surface area contributed by atoms with Gasteiger partial charge in [-0.3, -0.25) is 14.8 Å². The molecule has 0 bridgehead atoms. The number of hydrogen-bond acceptors (Lipinski definition) is 4. The fraction of sp³-hybridized carbons (Fsp3) is 0.300. The fourth-order valence-corrected chi connectivity index (χ4v) is 3.55. The molecule has 132 valence electrons. The molecule has 4 rings (SSSR count). The Morgan fingerprint density at radius 2 is 2.00 bits per heavy atom. The van der Waals surface area contributed by atoms with E-state index in [0.29, 0.717) is 12.1 Å². The molecule has 0 unspecified atom stereocenters. The highest BCUT2D eigenvalue weighted by Gasteiger charge is 2.28. The summed E-state index contributed by atoms with van der Waals surface area (Å²) in [5.74, 6) is 1.37. The van der Waals surface area contributed by atoms with Gasteiger partial charge in [-0.05, 0) is 36.6 Å². The molecule has 1 saturated heterocycles. The van der Waals surface area contributed by atoms with Crippen molar-refractivity contribution >= 4 is 5.91 Å². The molecule has 6 nitrogen and oxygen atoms in total. The van der Waals surface area contributed by atoms with Crippen LogP contribution in [0.4, 0.5) is 0 Å². The van der Waals surface area contributed by atoms with Gasteiger partial charge in [-0.2, -0.15) is 0 Å². The first-order chi connectivity index (χ1) is 12.8. The lowest BCUT2D eigenvalue weighted by Gasteiger charge is -2.32. The van der Waals surface area contributed by atoms with Gasteiger partial charge in [-0.15, -0.1) is 0 Å². The van der Waals surface area contributed by atoms with E-state index in [4.69, 9.17) is 0 Å². The largest absolute Gasteiger partial charge is 0.338 e. The molecule has 4 heterocycles. The number of hydrogen-bond donors (Lipinski definition) is 0. The number of likely N-dealkylation sites (tertiary alicyclic amines) is 1. The minimum absolute atomic E-state index is 0.0717. The normalized spacial score (nSPS) is 17.2. The van der Waals surface area contributed by atoms with Crippen LogP contribution in [0.2, 0.25) is 0 Å². The first-order valence-electron chi connectivity index (χ1n) is 8.90. The number of aromatic nitrogens is 4. The van der Waals surface area contributed by atoms with Crippen LogP contribution in [0.3, 0.4) is 0 Å². The number of carbonyl (C=O) groups excluding carboxylic acids is 1. The third-order valence-electron chi connectivity index (χ3n) is 4.82. The van der Waals surface area contributed by atoms with E-state index >= 15 is 0 Å². The monoisotopic (exact) mass is 347 g/mol. The van der Waals surface area contributed by atoms with E-state index < -0.39 is 0 Å². The van der Waals surface area contributed by atoms with Crippen molar-refractivity contribution in [2.75, 3.05) is 13.1 Å². The summed E-state index contributed by atoms with van der Waals surface area (Å²) in [6.45, 7) is 2.24. The first-order valence-corrected chi connectivity index (χ1v) is 8.90. The summed E-state index contributed by atoms with van der Waals surface area (Å²) in [7, 11) is 0. The molecule has 1 aliphatic heterocycles. The van der Waals surface area contributed by atoms with Crippen LogP contribution >= 0.6 is 0 Å².